The number of carbonyl (C=O) groups is 1. The Hall–Kier alpha value is -3.07. The van der Waals surface area contributed by atoms with Crippen LogP contribution in [0.15, 0.2) is 66.7 Å². The van der Waals surface area contributed by atoms with Gasteiger partial charge in [0.15, 0.2) is 0 Å². The first-order chi connectivity index (χ1) is 20.6. The highest BCUT2D eigenvalue weighted by Gasteiger charge is 2.24. The minimum Gasteiger partial charge on any atom is -0.307 e. The number of nitrogens with zero attached hydrogens (tertiary/aromatic N) is 1. The molecule has 3 rings (SSSR count). The maximum absolute atomic E-state index is 14.5. The van der Waals surface area contributed by atoms with Crippen molar-refractivity contribution >= 4 is 23.1 Å². The highest BCUT2D eigenvalue weighted by atomic mass is 16.2. The van der Waals surface area contributed by atoms with Gasteiger partial charge in [-0.25, -0.2) is 4.79 Å². The Balaban J connectivity index is 2.00. The maximum Gasteiger partial charge on any atom is 0.330 e. The van der Waals surface area contributed by atoms with Crippen molar-refractivity contribution in [3.63, 3.8) is 0 Å². The average molecular weight is 569 g/mol. The lowest BCUT2D eigenvalue weighted by atomic mass is 9.97. The van der Waals surface area contributed by atoms with E-state index in [1.54, 1.807) is 0 Å². The zero-order valence-electron chi connectivity index (χ0n) is 27.0. The van der Waals surface area contributed by atoms with Crippen LogP contribution >= 0.6 is 0 Å². The van der Waals surface area contributed by atoms with E-state index in [-0.39, 0.29) is 6.03 Å². The Morgan fingerprint density at radius 1 is 0.524 bits per heavy atom. The van der Waals surface area contributed by atoms with Crippen LogP contribution in [0.4, 0.5) is 21.9 Å². The van der Waals surface area contributed by atoms with Gasteiger partial charge in [-0.15, -0.1) is 0 Å². The first kappa shape index (κ1) is 33.4. The molecule has 0 spiro atoms. The van der Waals surface area contributed by atoms with Gasteiger partial charge in [0, 0.05) is 5.69 Å². The summed E-state index contributed by atoms with van der Waals surface area (Å²) in [5.74, 6) is 0. The van der Waals surface area contributed by atoms with E-state index >= 15 is 0 Å². The number of amides is 2. The van der Waals surface area contributed by atoms with Gasteiger partial charge in [-0.1, -0.05) is 140 Å². The highest BCUT2D eigenvalue weighted by Crippen LogP contribution is 2.35. The maximum atomic E-state index is 14.5. The summed E-state index contributed by atoms with van der Waals surface area (Å²) in [6, 6.07) is 23.4. The Morgan fingerprint density at radius 2 is 1.02 bits per heavy atom. The van der Waals surface area contributed by atoms with Crippen molar-refractivity contribution < 1.29 is 4.79 Å². The van der Waals surface area contributed by atoms with Crippen LogP contribution in [-0.4, -0.2) is 6.03 Å². The van der Waals surface area contributed by atoms with Crippen molar-refractivity contribution in [2.45, 2.75) is 130 Å². The number of hydrogen-bond acceptors (Lipinski definition) is 1. The summed E-state index contributed by atoms with van der Waals surface area (Å²) in [4.78, 5) is 16.5. The van der Waals surface area contributed by atoms with E-state index in [0.29, 0.717) is 0 Å². The molecule has 2 amide bonds. The van der Waals surface area contributed by atoms with E-state index in [2.05, 4.69) is 99.7 Å². The van der Waals surface area contributed by atoms with Gasteiger partial charge in [-0.2, -0.15) is 0 Å². The van der Waals surface area contributed by atoms with Crippen LogP contribution in [0.5, 0.6) is 0 Å². The molecule has 0 radical (unpaired) electrons. The van der Waals surface area contributed by atoms with E-state index in [0.717, 1.165) is 68.4 Å². The number of urea groups is 1. The van der Waals surface area contributed by atoms with E-state index in [9.17, 15) is 4.79 Å². The summed E-state index contributed by atoms with van der Waals surface area (Å²) < 4.78 is 0. The molecule has 3 aromatic rings. The Kier molecular flexibility index (Phi) is 15.3. The van der Waals surface area contributed by atoms with Crippen LogP contribution in [0.3, 0.4) is 0 Å². The number of anilines is 3. The zero-order valence-corrected chi connectivity index (χ0v) is 27.0. The van der Waals surface area contributed by atoms with E-state index in [1.165, 1.54) is 73.6 Å². The number of aryl methyl sites for hydroxylation is 3. The summed E-state index contributed by atoms with van der Waals surface area (Å²) in [7, 11) is 0. The summed E-state index contributed by atoms with van der Waals surface area (Å²) in [5, 5.41) is 3.40. The molecule has 1 N–H and O–H groups in total. The van der Waals surface area contributed by atoms with E-state index < -0.39 is 0 Å². The summed E-state index contributed by atoms with van der Waals surface area (Å²) >= 11 is 0. The number of benzene rings is 3. The predicted octanol–water partition coefficient (Wildman–Crippen LogP) is 12.0. The Bertz CT molecular complexity index is 1140. The second kappa shape index (κ2) is 19.2. The number of unbranched alkanes of at least 4 members (excludes halogenated alkanes) is 8. The molecule has 3 aromatic carbocycles. The van der Waals surface area contributed by atoms with Gasteiger partial charge in [0.25, 0.3) is 0 Å². The van der Waals surface area contributed by atoms with Gasteiger partial charge < -0.3 is 5.32 Å². The van der Waals surface area contributed by atoms with Crippen molar-refractivity contribution in [2.24, 2.45) is 0 Å². The normalized spacial score (nSPS) is 11.0. The minimum absolute atomic E-state index is 0.0714. The molecule has 0 aliphatic rings. The van der Waals surface area contributed by atoms with Gasteiger partial charge in [0.1, 0.15) is 0 Å². The second-order valence-electron chi connectivity index (χ2n) is 11.8. The molecular formula is C39H56N2O. The molecule has 0 fully saturated rings. The van der Waals surface area contributed by atoms with Crippen LogP contribution in [-0.2, 0) is 25.7 Å². The summed E-state index contributed by atoms with van der Waals surface area (Å²) in [6.45, 7) is 8.96. The van der Waals surface area contributed by atoms with Gasteiger partial charge >= 0.3 is 6.03 Å². The van der Waals surface area contributed by atoms with Crippen LogP contribution in [0.1, 0.15) is 127 Å². The zero-order chi connectivity index (χ0) is 30.0. The number of carbonyl (C=O) groups excluding carboxylic acids is 1. The predicted molar refractivity (Wildman–Crippen MR) is 183 cm³/mol. The molecule has 0 bridgehead atoms. The van der Waals surface area contributed by atoms with Crippen LogP contribution < -0.4 is 10.2 Å². The van der Waals surface area contributed by atoms with Crippen LogP contribution in [0.2, 0.25) is 0 Å². The average Bonchev–Trinajstić information content (AvgIpc) is 3.00. The quantitative estimate of drug-likeness (QED) is 0.143. The standard InChI is InChI=1S/C39H56N2O/c1-5-9-11-13-15-24-33-26-17-19-30-37(33)41(38-31-20-18-27-34(38)25-16-14-12-10-6-2)39(42)40-36-29-21-28-32(22-7-3)35(36)23-8-4/h17-21,26-31H,5-16,22-25H2,1-4H3,(H,40,42). The summed E-state index contributed by atoms with van der Waals surface area (Å²) in [6.07, 6.45) is 18.5. The molecule has 0 heterocycles. The van der Waals surface area contributed by atoms with Crippen LogP contribution in [0, 0.1) is 0 Å². The van der Waals surface area contributed by atoms with Crippen LogP contribution in [0.25, 0.3) is 0 Å². The van der Waals surface area contributed by atoms with Gasteiger partial charge in [-0.05, 0) is 79.0 Å². The van der Waals surface area contributed by atoms with E-state index in [1.807, 2.05) is 4.90 Å². The third-order valence-corrected chi connectivity index (χ3v) is 8.30. The molecule has 0 saturated carbocycles. The van der Waals surface area contributed by atoms with Crippen molar-refractivity contribution in [3.8, 4) is 0 Å². The minimum atomic E-state index is -0.0714. The summed E-state index contributed by atoms with van der Waals surface area (Å²) in [5.41, 5.74) is 8.08. The molecule has 3 heteroatoms. The first-order valence-corrected chi connectivity index (χ1v) is 17.0. The molecule has 228 valence electrons. The lowest BCUT2D eigenvalue weighted by Crippen LogP contribution is -2.32. The van der Waals surface area contributed by atoms with Gasteiger partial charge in [0.05, 0.1) is 11.4 Å². The molecule has 0 atom stereocenters. The fraction of sp³-hybridized carbons (Fsp3) is 0.513. The van der Waals surface area contributed by atoms with E-state index in [4.69, 9.17) is 0 Å². The van der Waals surface area contributed by atoms with Gasteiger partial charge in [0.2, 0.25) is 0 Å². The van der Waals surface area contributed by atoms with Gasteiger partial charge in [-0.3, -0.25) is 4.90 Å². The molecule has 0 unspecified atom stereocenters. The molecule has 3 nitrogen and oxygen atoms in total. The number of nitrogens with one attached hydrogen (secondary N) is 1. The Labute approximate surface area is 257 Å². The molecular weight excluding hydrogens is 512 g/mol. The second-order valence-corrected chi connectivity index (χ2v) is 11.8. The van der Waals surface area contributed by atoms with Crippen molar-refractivity contribution in [3.05, 3.63) is 89.0 Å². The fourth-order valence-electron chi connectivity index (χ4n) is 6.04. The number of hydrogen-bond donors (Lipinski definition) is 1. The topological polar surface area (TPSA) is 32.3 Å². The smallest absolute Gasteiger partial charge is 0.307 e. The third-order valence-electron chi connectivity index (χ3n) is 8.30. The Morgan fingerprint density at radius 3 is 1.55 bits per heavy atom. The van der Waals surface area contributed by atoms with Crippen molar-refractivity contribution in [1.82, 2.24) is 0 Å². The molecule has 0 aliphatic carbocycles. The monoisotopic (exact) mass is 568 g/mol. The molecule has 0 saturated heterocycles. The van der Waals surface area contributed by atoms with Crippen molar-refractivity contribution in [1.29, 1.82) is 0 Å². The largest absolute Gasteiger partial charge is 0.330 e. The lowest BCUT2D eigenvalue weighted by Gasteiger charge is -2.28. The third kappa shape index (κ3) is 10.0. The fourth-order valence-corrected chi connectivity index (χ4v) is 6.04. The molecule has 42 heavy (non-hydrogen) atoms. The van der Waals surface area contributed by atoms with Crippen molar-refractivity contribution in [2.75, 3.05) is 10.2 Å². The highest BCUT2D eigenvalue weighted by molar-refractivity contribution is 6.08. The number of rotatable bonds is 19. The SMILES string of the molecule is CCCCCCCc1ccccc1N(C(=O)Nc1cccc(CCC)c1CCC)c1ccccc1CCCCCCC. The lowest BCUT2D eigenvalue weighted by molar-refractivity contribution is 0.259. The molecule has 0 aromatic heterocycles. The first-order valence-electron chi connectivity index (χ1n) is 17.0. The number of para-hydroxylation sites is 2. The molecule has 0 aliphatic heterocycles.